The highest BCUT2D eigenvalue weighted by Crippen LogP contribution is 2.44. The van der Waals surface area contributed by atoms with Gasteiger partial charge in [0, 0.05) is 12.6 Å². The van der Waals surface area contributed by atoms with Crippen molar-refractivity contribution >= 4 is 11.8 Å². The molecule has 0 saturated heterocycles. The molecule has 2 amide bonds. The second-order valence-electron chi connectivity index (χ2n) is 8.08. The van der Waals surface area contributed by atoms with Gasteiger partial charge in [-0.1, -0.05) is 26.8 Å². The number of carbonyl (C=O) groups is 2. The van der Waals surface area contributed by atoms with Crippen LogP contribution in [-0.2, 0) is 4.79 Å². The largest absolute Gasteiger partial charge is 0.491 e. The van der Waals surface area contributed by atoms with Crippen LogP contribution in [0, 0.1) is 5.41 Å². The molecule has 1 atom stereocenters. The molecule has 0 bridgehead atoms. The van der Waals surface area contributed by atoms with E-state index in [1.54, 1.807) is 13.1 Å². The zero-order valence-corrected chi connectivity index (χ0v) is 16.1. The molecule has 0 aliphatic heterocycles. The summed E-state index contributed by atoms with van der Waals surface area (Å²) in [5.74, 6) is 0.852. The molecule has 0 heterocycles. The maximum Gasteiger partial charge on any atom is 0.252 e. The van der Waals surface area contributed by atoms with E-state index in [2.05, 4.69) is 10.6 Å². The van der Waals surface area contributed by atoms with Gasteiger partial charge in [-0.05, 0) is 55.7 Å². The van der Waals surface area contributed by atoms with Crippen LogP contribution in [-0.4, -0.2) is 31.0 Å². The number of hydrogen-bond donors (Lipinski definition) is 2. The molecule has 5 heteroatoms. The van der Waals surface area contributed by atoms with Gasteiger partial charge in [0.25, 0.3) is 5.91 Å². The van der Waals surface area contributed by atoms with Gasteiger partial charge in [-0.25, -0.2) is 0 Å². The van der Waals surface area contributed by atoms with Crippen molar-refractivity contribution in [3.63, 3.8) is 0 Å². The normalized spacial score (nSPS) is 15.6. The summed E-state index contributed by atoms with van der Waals surface area (Å²) in [6, 6.07) is 4.99. The third-order valence-corrected chi connectivity index (χ3v) is 4.31. The third-order valence-electron chi connectivity index (χ3n) is 4.31. The van der Waals surface area contributed by atoms with Crippen LogP contribution in [0.25, 0.3) is 0 Å². The van der Waals surface area contributed by atoms with Crippen LogP contribution in [0.3, 0.4) is 0 Å². The second kappa shape index (κ2) is 7.46. The first-order valence-corrected chi connectivity index (χ1v) is 8.96. The highest BCUT2D eigenvalue weighted by atomic mass is 16.5. The van der Waals surface area contributed by atoms with Crippen molar-refractivity contribution < 1.29 is 14.3 Å². The maximum atomic E-state index is 12.7. The van der Waals surface area contributed by atoms with Gasteiger partial charge < -0.3 is 15.4 Å². The summed E-state index contributed by atoms with van der Waals surface area (Å²) in [6.07, 6.45) is 2.38. The maximum absolute atomic E-state index is 12.7. The minimum Gasteiger partial charge on any atom is -0.491 e. The number of amides is 2. The summed E-state index contributed by atoms with van der Waals surface area (Å²) in [5.41, 5.74) is 1.29. The van der Waals surface area contributed by atoms with Crippen LogP contribution in [0.5, 0.6) is 5.75 Å². The first-order chi connectivity index (χ1) is 11.6. The van der Waals surface area contributed by atoms with Crippen molar-refractivity contribution in [2.24, 2.45) is 5.41 Å². The predicted molar refractivity (Wildman–Crippen MR) is 99.0 cm³/mol. The monoisotopic (exact) mass is 346 g/mol. The zero-order chi connectivity index (χ0) is 18.8. The number of carbonyl (C=O) groups excluding carboxylic acids is 2. The molecule has 25 heavy (non-hydrogen) atoms. The number of hydrogen-bond acceptors (Lipinski definition) is 3. The van der Waals surface area contributed by atoms with Crippen molar-refractivity contribution in [3.8, 4) is 5.75 Å². The van der Waals surface area contributed by atoms with E-state index in [0.717, 1.165) is 5.75 Å². The quantitative estimate of drug-likeness (QED) is 0.831. The summed E-state index contributed by atoms with van der Waals surface area (Å²) in [4.78, 5) is 24.8. The number of nitrogens with one attached hydrogen (secondary N) is 2. The van der Waals surface area contributed by atoms with Crippen molar-refractivity contribution in [2.75, 3.05) is 7.05 Å². The van der Waals surface area contributed by atoms with Crippen LogP contribution >= 0.6 is 0 Å². The molecule has 2 N–H and O–H groups in total. The van der Waals surface area contributed by atoms with Gasteiger partial charge >= 0.3 is 0 Å². The van der Waals surface area contributed by atoms with Crippen LogP contribution in [0.2, 0.25) is 0 Å². The third kappa shape index (κ3) is 4.97. The molecule has 1 aliphatic carbocycles. The van der Waals surface area contributed by atoms with Gasteiger partial charge in [0.1, 0.15) is 11.8 Å². The Morgan fingerprint density at radius 1 is 1.20 bits per heavy atom. The molecule has 1 saturated carbocycles. The van der Waals surface area contributed by atoms with E-state index in [1.807, 2.05) is 46.8 Å². The summed E-state index contributed by atoms with van der Waals surface area (Å²) in [6.45, 7) is 9.74. The van der Waals surface area contributed by atoms with Crippen molar-refractivity contribution in [2.45, 2.75) is 65.5 Å². The molecular weight excluding hydrogens is 316 g/mol. The Kier molecular flexibility index (Phi) is 5.76. The molecule has 0 aromatic heterocycles. The van der Waals surface area contributed by atoms with E-state index in [4.69, 9.17) is 4.74 Å². The minimum absolute atomic E-state index is 0.0454. The van der Waals surface area contributed by atoms with Gasteiger partial charge in [-0.15, -0.1) is 0 Å². The van der Waals surface area contributed by atoms with E-state index in [9.17, 15) is 9.59 Å². The van der Waals surface area contributed by atoms with Crippen molar-refractivity contribution in [3.05, 3.63) is 29.3 Å². The lowest BCUT2D eigenvalue weighted by Crippen LogP contribution is -2.52. The fourth-order valence-electron chi connectivity index (χ4n) is 2.80. The van der Waals surface area contributed by atoms with E-state index in [-0.39, 0.29) is 23.3 Å². The Bertz CT molecular complexity index is 643. The summed E-state index contributed by atoms with van der Waals surface area (Å²) in [5, 5.41) is 5.48. The lowest BCUT2D eigenvalue weighted by molar-refractivity contribution is -0.124. The molecule has 5 nitrogen and oxygen atoms in total. The Labute approximate surface area is 150 Å². The summed E-state index contributed by atoms with van der Waals surface area (Å²) in [7, 11) is 1.58. The van der Waals surface area contributed by atoms with Gasteiger partial charge in [0.15, 0.2) is 0 Å². The van der Waals surface area contributed by atoms with Crippen LogP contribution in [0.1, 0.15) is 69.3 Å². The standard InChI is InChI=1S/C20H30N2O3/c1-12(2)25-16-11-14(9-10-15(16)13-7-8-13)18(23)22-17(19(24)21-6)20(3,4)5/h9-13,17H,7-8H2,1-6H3,(H,21,24)(H,22,23). The SMILES string of the molecule is CNC(=O)C(NC(=O)c1ccc(C2CC2)c(OC(C)C)c1)C(C)(C)C. The van der Waals surface area contributed by atoms with E-state index < -0.39 is 6.04 Å². The van der Waals surface area contributed by atoms with Crippen molar-refractivity contribution in [1.82, 2.24) is 10.6 Å². The Morgan fingerprint density at radius 2 is 1.84 bits per heavy atom. The first kappa shape index (κ1) is 19.3. The topological polar surface area (TPSA) is 67.4 Å². The molecule has 0 radical (unpaired) electrons. The average Bonchev–Trinajstić information content (AvgIpc) is 3.34. The van der Waals surface area contributed by atoms with Crippen LogP contribution < -0.4 is 15.4 Å². The number of benzene rings is 1. The van der Waals surface area contributed by atoms with Crippen LogP contribution in [0.4, 0.5) is 0 Å². The molecule has 1 aromatic carbocycles. The molecule has 138 valence electrons. The molecule has 2 rings (SSSR count). The average molecular weight is 346 g/mol. The predicted octanol–water partition coefficient (Wildman–Crippen LogP) is 3.24. The van der Waals surface area contributed by atoms with E-state index in [0.29, 0.717) is 11.5 Å². The zero-order valence-electron chi connectivity index (χ0n) is 16.1. The Balaban J connectivity index is 2.24. The number of ether oxygens (including phenoxy) is 1. The van der Waals surface area contributed by atoms with E-state index >= 15 is 0 Å². The van der Waals surface area contributed by atoms with E-state index in [1.165, 1.54) is 18.4 Å². The lowest BCUT2D eigenvalue weighted by atomic mass is 9.86. The fourth-order valence-corrected chi connectivity index (χ4v) is 2.80. The first-order valence-electron chi connectivity index (χ1n) is 8.96. The fraction of sp³-hybridized carbons (Fsp3) is 0.600. The number of likely N-dealkylation sites (N-methyl/N-ethyl adjacent to an activating group) is 1. The smallest absolute Gasteiger partial charge is 0.252 e. The van der Waals surface area contributed by atoms with Gasteiger partial charge in [-0.2, -0.15) is 0 Å². The molecule has 1 fully saturated rings. The van der Waals surface area contributed by atoms with Gasteiger partial charge in [0.2, 0.25) is 5.91 Å². The molecule has 1 aromatic rings. The molecule has 1 unspecified atom stereocenters. The van der Waals surface area contributed by atoms with Crippen LogP contribution in [0.15, 0.2) is 18.2 Å². The molecule has 1 aliphatic rings. The highest BCUT2D eigenvalue weighted by molar-refractivity contribution is 5.98. The molecular formula is C20H30N2O3. The number of rotatable bonds is 6. The van der Waals surface area contributed by atoms with Gasteiger partial charge in [-0.3, -0.25) is 9.59 Å². The Morgan fingerprint density at radius 3 is 2.32 bits per heavy atom. The summed E-state index contributed by atoms with van der Waals surface area (Å²) >= 11 is 0. The second-order valence-corrected chi connectivity index (χ2v) is 8.08. The Hall–Kier alpha value is -2.04. The molecule has 0 spiro atoms. The minimum atomic E-state index is -0.609. The van der Waals surface area contributed by atoms with Crippen molar-refractivity contribution in [1.29, 1.82) is 0 Å². The lowest BCUT2D eigenvalue weighted by Gasteiger charge is -2.30. The van der Waals surface area contributed by atoms with Gasteiger partial charge in [0.05, 0.1) is 6.10 Å². The highest BCUT2D eigenvalue weighted by Gasteiger charge is 2.33. The summed E-state index contributed by atoms with van der Waals surface area (Å²) < 4.78 is 5.92.